The summed E-state index contributed by atoms with van der Waals surface area (Å²) in [6.45, 7) is 16.5. The molecule has 3 fully saturated rings. The highest BCUT2D eigenvalue weighted by atomic mass is 16.7. The largest absolute Gasteiger partial charge is 0.481 e. The molecule has 31 nitrogen and oxygen atoms in total. The Morgan fingerprint density at radius 2 is 0.767 bits per heavy atom. The van der Waals surface area contributed by atoms with E-state index >= 15 is 0 Å². The van der Waals surface area contributed by atoms with Crippen molar-refractivity contribution in [3.63, 3.8) is 0 Å². The van der Waals surface area contributed by atoms with Gasteiger partial charge in [0, 0.05) is 104 Å². The van der Waals surface area contributed by atoms with E-state index in [-0.39, 0.29) is 63.6 Å². The number of rotatable bonds is 54. The Balaban J connectivity index is 1.38. The van der Waals surface area contributed by atoms with Crippen molar-refractivity contribution in [3.05, 3.63) is 0 Å². The van der Waals surface area contributed by atoms with E-state index in [9.17, 15) is 65.1 Å². The highest BCUT2D eigenvalue weighted by Gasteiger charge is 2.44. The topological polar surface area (TPSA) is 450 Å². The lowest BCUT2D eigenvalue weighted by molar-refractivity contribution is -0.292. The molecule has 3 rings (SSSR count). The first-order chi connectivity index (χ1) is 43.3. The van der Waals surface area contributed by atoms with Crippen LogP contribution in [0.5, 0.6) is 0 Å². The third-order valence-electron chi connectivity index (χ3n) is 15.9. The molecule has 0 aromatic heterocycles. The highest BCUT2D eigenvalue weighted by Crippen LogP contribution is 2.24. The molecule has 0 saturated carbocycles. The van der Waals surface area contributed by atoms with Crippen LogP contribution in [0.4, 0.5) is 0 Å². The predicted molar refractivity (Wildman–Crippen MR) is 332 cm³/mol. The first kappa shape index (κ1) is 81.2. The average Bonchev–Trinajstić information content (AvgIpc) is 1.01. The molecule has 0 spiro atoms. The standard InChI is InChI=1S/C59H117N11O20/c1-40-47(75)50(78)53(81)57(88-40)85-36-31-65-27-28-66-43(56(84)69-33-38-87-59-55(83)52(80)49(77)42(3)90-59)15-9-14-21-63-30-35-70(34-29-62-20-12-6-11-19-61-24-26-64-25-23-60-18-10-5-8-17-46(73)74)39-45(72)67-22-13-4-7-16-44(71)68-32-37-86-58-54(82)51(79)48(76)41(2)89-58/h40-43,47-55,57-66,75-83H,4-39H2,1-3H3,(H,67,72)(H,68,71)(H,69,84)(H,73,74)/t40-,41-,42-,43?,47+,48+,49+,50+,51+,52+,53-,54-,55-,57+,58+,59+/m0/s1. The van der Waals surface area contributed by atoms with Crippen molar-refractivity contribution in [3.8, 4) is 0 Å². The molecule has 3 saturated heterocycles. The van der Waals surface area contributed by atoms with Gasteiger partial charge < -0.3 is 133 Å². The number of hydrogen-bond donors (Lipinski definition) is 20. The number of aliphatic hydroxyl groups is 9. The highest BCUT2D eigenvalue weighted by molar-refractivity contribution is 5.81. The maximum Gasteiger partial charge on any atom is 0.303 e. The van der Waals surface area contributed by atoms with Gasteiger partial charge in [0.15, 0.2) is 18.9 Å². The molecule has 0 aliphatic carbocycles. The molecule has 31 heteroatoms. The van der Waals surface area contributed by atoms with Crippen molar-refractivity contribution in [2.24, 2.45) is 0 Å². The summed E-state index contributed by atoms with van der Waals surface area (Å²) in [6.07, 6.45) is -7.60. The van der Waals surface area contributed by atoms with E-state index in [1.807, 2.05) is 0 Å². The van der Waals surface area contributed by atoms with Crippen molar-refractivity contribution >= 4 is 23.7 Å². The zero-order valence-electron chi connectivity index (χ0n) is 53.7. The first-order valence-corrected chi connectivity index (χ1v) is 33.0. The lowest BCUT2D eigenvalue weighted by Gasteiger charge is -2.38. The molecular weight excluding hydrogens is 1180 g/mol. The summed E-state index contributed by atoms with van der Waals surface area (Å²) in [5, 5.41) is 132. The molecule has 0 aromatic carbocycles. The molecule has 1 unspecified atom stereocenters. The van der Waals surface area contributed by atoms with Gasteiger partial charge in [0.1, 0.15) is 54.9 Å². The van der Waals surface area contributed by atoms with Gasteiger partial charge in [-0.25, -0.2) is 0 Å². The maximum atomic E-state index is 13.5. The number of carboxylic acid groups (broad SMARTS) is 1. The third kappa shape index (κ3) is 34.9. The van der Waals surface area contributed by atoms with Crippen LogP contribution in [0.3, 0.4) is 0 Å². The number of aliphatic hydroxyl groups excluding tert-OH is 9. The summed E-state index contributed by atoms with van der Waals surface area (Å²) < 4.78 is 33.1. The van der Waals surface area contributed by atoms with Gasteiger partial charge in [-0.05, 0) is 98.3 Å². The van der Waals surface area contributed by atoms with Gasteiger partial charge in [-0.15, -0.1) is 0 Å². The summed E-state index contributed by atoms with van der Waals surface area (Å²) in [6, 6.07) is -0.571. The van der Waals surface area contributed by atoms with Crippen molar-refractivity contribution in [1.29, 1.82) is 0 Å². The SMILES string of the molecule is C[C@@H]1O[C@@H](OCCNCCNC(CCCCNCCN(CCNCCCCCNCCNCCNCCCCCC(=O)O)CC(=O)NCCCCCC(=O)NCCO[C@@H]2O[C@@H](C)[C@@H](O)[C@@H](O)[C@@H]2O)C(=O)NCCO[C@@H]2O[C@@H](C)[C@@H](O)[C@@H](O)[C@@H]2O)[C@@H](O)[C@H](O)[C@@H]1O. The minimum absolute atomic E-state index is 0.0280. The molecule has 3 aliphatic heterocycles. The summed E-state index contributed by atoms with van der Waals surface area (Å²) >= 11 is 0. The van der Waals surface area contributed by atoms with Crippen LogP contribution in [0.25, 0.3) is 0 Å². The lowest BCUT2D eigenvalue weighted by atomic mass is 10.0. The van der Waals surface area contributed by atoms with E-state index in [2.05, 4.69) is 58.1 Å². The number of nitrogens with zero attached hydrogens (tertiary/aromatic N) is 1. The van der Waals surface area contributed by atoms with Crippen LogP contribution in [0.2, 0.25) is 0 Å². The van der Waals surface area contributed by atoms with E-state index in [4.69, 9.17) is 33.5 Å². The number of aliphatic carboxylic acids is 1. The quantitative estimate of drug-likeness (QED) is 0.0252. The van der Waals surface area contributed by atoms with Gasteiger partial charge in [0.05, 0.1) is 50.7 Å². The first-order valence-electron chi connectivity index (χ1n) is 33.0. The van der Waals surface area contributed by atoms with Gasteiger partial charge in [0.2, 0.25) is 17.7 Å². The summed E-state index contributed by atoms with van der Waals surface area (Å²) in [5.74, 6) is -1.27. The smallest absolute Gasteiger partial charge is 0.303 e. The second-order valence-corrected chi connectivity index (χ2v) is 23.5. The van der Waals surface area contributed by atoms with E-state index < -0.39 is 104 Å². The Bertz CT molecular complexity index is 1870. The van der Waals surface area contributed by atoms with Gasteiger partial charge in [0.25, 0.3) is 0 Å². The van der Waals surface area contributed by atoms with Gasteiger partial charge in [-0.1, -0.05) is 25.7 Å². The molecule has 90 heavy (non-hydrogen) atoms. The Hall–Kier alpha value is -3.04. The lowest BCUT2D eigenvalue weighted by Crippen LogP contribution is -2.57. The molecule has 528 valence electrons. The summed E-state index contributed by atoms with van der Waals surface area (Å²) in [7, 11) is 0. The van der Waals surface area contributed by atoms with Crippen LogP contribution < -0.4 is 53.2 Å². The van der Waals surface area contributed by atoms with Gasteiger partial charge >= 0.3 is 5.97 Å². The zero-order valence-corrected chi connectivity index (χ0v) is 53.7. The Kier molecular flexibility index (Phi) is 44.7. The minimum Gasteiger partial charge on any atom is -0.481 e. The fraction of sp³-hybridized carbons (Fsp3) is 0.932. The average molecular weight is 1300 g/mol. The molecule has 3 aliphatic rings. The van der Waals surface area contributed by atoms with Crippen molar-refractivity contribution in [2.75, 3.05) is 144 Å². The van der Waals surface area contributed by atoms with E-state index in [0.717, 1.165) is 97.2 Å². The Morgan fingerprint density at radius 3 is 1.26 bits per heavy atom. The molecule has 16 atom stereocenters. The second kappa shape index (κ2) is 49.5. The van der Waals surface area contributed by atoms with Crippen LogP contribution >= 0.6 is 0 Å². The molecule has 0 aromatic rings. The van der Waals surface area contributed by atoms with Crippen LogP contribution in [0.15, 0.2) is 0 Å². The van der Waals surface area contributed by atoms with Crippen molar-refractivity contribution in [1.82, 2.24) is 58.1 Å². The number of hydrogen-bond acceptors (Lipinski definition) is 27. The van der Waals surface area contributed by atoms with Gasteiger partial charge in [-0.3, -0.25) is 24.1 Å². The number of carbonyl (C=O) groups excluding carboxylic acids is 3. The zero-order chi connectivity index (χ0) is 65.9. The van der Waals surface area contributed by atoms with Crippen LogP contribution in [0.1, 0.15) is 111 Å². The molecular formula is C59H117N11O20. The molecule has 0 radical (unpaired) electrons. The number of amides is 3. The molecule has 3 heterocycles. The number of carbonyl (C=O) groups is 4. The molecule has 3 amide bonds. The number of carboxylic acids is 1. The predicted octanol–water partition coefficient (Wildman–Crippen LogP) is -5.79. The van der Waals surface area contributed by atoms with Crippen LogP contribution in [-0.2, 0) is 47.6 Å². The molecule has 20 N–H and O–H groups in total. The number of unbranched alkanes of at least 4 members (excludes halogenated alkanes) is 7. The van der Waals surface area contributed by atoms with E-state index in [1.165, 1.54) is 0 Å². The third-order valence-corrected chi connectivity index (χ3v) is 15.9. The molecule has 0 bridgehead atoms. The van der Waals surface area contributed by atoms with Crippen molar-refractivity contribution in [2.45, 2.75) is 209 Å². The summed E-state index contributed by atoms with van der Waals surface area (Å²) in [5.41, 5.74) is 0. The Morgan fingerprint density at radius 1 is 0.389 bits per heavy atom. The normalized spacial score (nSPS) is 27.4. The summed E-state index contributed by atoms with van der Waals surface area (Å²) in [4.78, 5) is 51.9. The van der Waals surface area contributed by atoms with E-state index in [0.29, 0.717) is 91.0 Å². The number of nitrogens with one attached hydrogen (secondary N) is 10. The maximum absolute atomic E-state index is 13.5. The van der Waals surface area contributed by atoms with Crippen LogP contribution in [-0.4, -0.2) is 322 Å². The van der Waals surface area contributed by atoms with E-state index in [1.54, 1.807) is 20.8 Å². The van der Waals surface area contributed by atoms with Gasteiger partial charge in [-0.2, -0.15) is 0 Å². The monoisotopic (exact) mass is 1300 g/mol. The Labute approximate surface area is 531 Å². The van der Waals surface area contributed by atoms with Crippen molar-refractivity contribution < 1.29 is 98.7 Å². The minimum atomic E-state index is -1.47. The fourth-order valence-electron chi connectivity index (χ4n) is 10.2. The van der Waals surface area contributed by atoms with Crippen LogP contribution in [0, 0.1) is 0 Å². The second-order valence-electron chi connectivity index (χ2n) is 23.5. The fourth-order valence-corrected chi connectivity index (χ4v) is 10.2. The number of ether oxygens (including phenoxy) is 6.